The highest BCUT2D eigenvalue weighted by Gasteiger charge is 2.32. The van der Waals surface area contributed by atoms with Gasteiger partial charge in [-0.15, -0.1) is 0 Å². The number of nitrogens with zero attached hydrogens (tertiary/aromatic N) is 1. The lowest BCUT2D eigenvalue weighted by molar-refractivity contribution is -0.122. The molecule has 4 rings (SSSR count). The number of para-hydroxylation sites is 1. The number of phenolic OH excluding ortho intramolecular Hbond substituents is 1. The van der Waals surface area contributed by atoms with Gasteiger partial charge in [0.25, 0.3) is 5.91 Å². The van der Waals surface area contributed by atoms with Gasteiger partial charge >= 0.3 is 0 Å². The summed E-state index contributed by atoms with van der Waals surface area (Å²) in [5.74, 6) is 0.627. The zero-order valence-corrected chi connectivity index (χ0v) is 15.9. The third-order valence-electron chi connectivity index (χ3n) is 5.03. The Bertz CT molecular complexity index is 1070. The van der Waals surface area contributed by atoms with Gasteiger partial charge in [-0.25, -0.2) is 16.3 Å². The Kier molecular flexibility index (Phi) is 5.41. The van der Waals surface area contributed by atoms with Crippen LogP contribution in [0.2, 0.25) is 0 Å². The topological polar surface area (TPSA) is 95.0 Å². The predicted molar refractivity (Wildman–Crippen MR) is 112 cm³/mol. The summed E-state index contributed by atoms with van der Waals surface area (Å²) < 4.78 is 5.57. The van der Waals surface area contributed by atoms with Crippen LogP contribution >= 0.6 is 0 Å². The van der Waals surface area contributed by atoms with Crippen LogP contribution < -0.4 is 21.0 Å². The summed E-state index contributed by atoms with van der Waals surface area (Å²) in [4.78, 5) is 12.5. The van der Waals surface area contributed by atoms with E-state index in [9.17, 15) is 9.90 Å². The number of benzene rings is 3. The first kappa shape index (κ1) is 18.9. The molecule has 1 amide bonds. The van der Waals surface area contributed by atoms with Crippen molar-refractivity contribution in [3.63, 3.8) is 0 Å². The van der Waals surface area contributed by atoms with E-state index in [1.165, 1.54) is 6.21 Å². The van der Waals surface area contributed by atoms with E-state index >= 15 is 0 Å². The van der Waals surface area contributed by atoms with E-state index in [0.29, 0.717) is 12.0 Å². The second-order valence-electron chi connectivity index (χ2n) is 6.83. The minimum Gasteiger partial charge on any atom is -0.507 e. The maximum atomic E-state index is 12.5. The number of amides is 1. The van der Waals surface area contributed by atoms with Crippen molar-refractivity contribution in [2.75, 3.05) is 7.11 Å². The summed E-state index contributed by atoms with van der Waals surface area (Å²) in [5.41, 5.74) is 10.3. The maximum Gasteiger partial charge on any atom is 0.258 e. The van der Waals surface area contributed by atoms with Crippen molar-refractivity contribution in [3.05, 3.63) is 71.8 Å². The average Bonchev–Trinajstić information content (AvgIpc) is 3.24. The molecule has 0 radical (unpaired) electrons. The van der Waals surface area contributed by atoms with Crippen LogP contribution in [0.4, 0.5) is 0 Å². The van der Waals surface area contributed by atoms with Crippen LogP contribution in [0.1, 0.15) is 23.6 Å². The summed E-state index contributed by atoms with van der Waals surface area (Å²) in [6.07, 6.45) is 1.96. The number of carbonyl (C=O) groups excluding carboxylic acids is 1. The number of carbonyl (C=O) groups is 1. The third-order valence-corrected chi connectivity index (χ3v) is 5.03. The van der Waals surface area contributed by atoms with E-state index in [0.717, 1.165) is 22.1 Å². The van der Waals surface area contributed by atoms with E-state index in [2.05, 4.69) is 33.5 Å². The molecule has 0 bridgehead atoms. The van der Waals surface area contributed by atoms with Crippen LogP contribution in [0, 0.1) is 0 Å². The molecule has 1 aliphatic heterocycles. The van der Waals surface area contributed by atoms with Crippen LogP contribution in [0.25, 0.3) is 10.8 Å². The van der Waals surface area contributed by atoms with E-state index < -0.39 is 6.04 Å². The zero-order chi connectivity index (χ0) is 20.2. The van der Waals surface area contributed by atoms with E-state index in [-0.39, 0.29) is 17.7 Å². The van der Waals surface area contributed by atoms with Crippen molar-refractivity contribution in [2.24, 2.45) is 5.10 Å². The zero-order valence-electron chi connectivity index (χ0n) is 15.9. The van der Waals surface area contributed by atoms with Crippen molar-refractivity contribution >= 4 is 22.9 Å². The van der Waals surface area contributed by atoms with E-state index in [4.69, 9.17) is 4.74 Å². The number of hydrazone groups is 1. The molecule has 1 fully saturated rings. The third kappa shape index (κ3) is 3.91. The second-order valence-corrected chi connectivity index (χ2v) is 6.83. The highest BCUT2D eigenvalue weighted by atomic mass is 16.5. The number of aromatic hydroxyl groups is 1. The van der Waals surface area contributed by atoms with Crippen LogP contribution in [-0.4, -0.2) is 30.4 Å². The number of methoxy groups -OCH3 is 1. The molecule has 0 saturated carbocycles. The molecule has 0 spiro atoms. The van der Waals surface area contributed by atoms with Crippen molar-refractivity contribution in [3.8, 4) is 11.5 Å². The molecule has 3 aromatic carbocycles. The lowest BCUT2D eigenvalue weighted by Crippen LogP contribution is -2.41. The first-order valence-electron chi connectivity index (χ1n) is 9.35. The van der Waals surface area contributed by atoms with Gasteiger partial charge in [-0.05, 0) is 35.4 Å². The van der Waals surface area contributed by atoms with Gasteiger partial charge in [-0.1, -0.05) is 42.5 Å². The molecule has 7 nitrogen and oxygen atoms in total. The summed E-state index contributed by atoms with van der Waals surface area (Å²) in [6.45, 7) is 0. The molecule has 1 saturated heterocycles. The molecule has 1 heterocycles. The van der Waals surface area contributed by atoms with Crippen LogP contribution in [0.15, 0.2) is 65.8 Å². The Hall–Kier alpha value is -3.42. The number of rotatable bonds is 5. The lowest BCUT2D eigenvalue weighted by atomic mass is 9.95. The molecular weight excluding hydrogens is 368 g/mol. The van der Waals surface area contributed by atoms with E-state index in [1.807, 2.05) is 24.3 Å². The van der Waals surface area contributed by atoms with Gasteiger partial charge in [-0.2, -0.15) is 5.10 Å². The van der Waals surface area contributed by atoms with Gasteiger partial charge in [0.2, 0.25) is 0 Å². The molecule has 3 aromatic rings. The fourth-order valence-corrected chi connectivity index (χ4v) is 3.57. The first-order valence-corrected chi connectivity index (χ1v) is 9.35. The maximum absolute atomic E-state index is 12.5. The summed E-state index contributed by atoms with van der Waals surface area (Å²) in [5, 5.41) is 15.9. The number of hydrazine groups is 1. The standard InChI is InChI=1S/C22H22N4O3/c1-29-20-11-10-14-6-2-4-8-16(14)21(20)17-12-18(25-24-17)22(28)26-23-13-15-7-3-5-9-19(15)27/h2-11,13,17-18,24-25,27H,12H2,1H3,(H,26,28)/b23-13+. The molecule has 7 heteroatoms. The predicted octanol–water partition coefficient (Wildman–Crippen LogP) is 2.61. The highest BCUT2D eigenvalue weighted by molar-refractivity contribution is 5.89. The molecule has 4 N–H and O–H groups in total. The Balaban J connectivity index is 1.47. The van der Waals surface area contributed by atoms with Crippen LogP contribution in [-0.2, 0) is 4.79 Å². The van der Waals surface area contributed by atoms with Crippen molar-refractivity contribution in [1.82, 2.24) is 16.3 Å². The summed E-state index contributed by atoms with van der Waals surface area (Å²) in [7, 11) is 1.65. The summed E-state index contributed by atoms with van der Waals surface area (Å²) >= 11 is 0. The van der Waals surface area contributed by atoms with Crippen molar-refractivity contribution < 1.29 is 14.6 Å². The normalized spacial score (nSPS) is 18.9. The fraction of sp³-hybridized carbons (Fsp3) is 0.182. The van der Waals surface area contributed by atoms with Crippen LogP contribution in [0.3, 0.4) is 0 Å². The fourth-order valence-electron chi connectivity index (χ4n) is 3.57. The van der Waals surface area contributed by atoms with Crippen molar-refractivity contribution in [2.45, 2.75) is 18.5 Å². The minimum atomic E-state index is -0.454. The summed E-state index contributed by atoms with van der Waals surface area (Å²) in [6, 6.07) is 18.3. The van der Waals surface area contributed by atoms with Gasteiger partial charge in [0.1, 0.15) is 17.5 Å². The van der Waals surface area contributed by atoms with Gasteiger partial charge in [-0.3, -0.25) is 4.79 Å². The molecule has 2 atom stereocenters. The number of ether oxygens (including phenoxy) is 1. The number of phenols is 1. The molecule has 148 valence electrons. The molecule has 1 aliphatic rings. The van der Waals surface area contributed by atoms with Gasteiger partial charge < -0.3 is 9.84 Å². The largest absolute Gasteiger partial charge is 0.507 e. The minimum absolute atomic E-state index is 0.0889. The molecule has 2 unspecified atom stereocenters. The Morgan fingerprint density at radius 3 is 2.76 bits per heavy atom. The Morgan fingerprint density at radius 2 is 1.93 bits per heavy atom. The Labute approximate surface area is 168 Å². The molecule has 29 heavy (non-hydrogen) atoms. The van der Waals surface area contributed by atoms with Crippen LogP contribution in [0.5, 0.6) is 11.5 Å². The monoisotopic (exact) mass is 390 g/mol. The van der Waals surface area contributed by atoms with E-state index in [1.54, 1.807) is 31.4 Å². The first-order chi connectivity index (χ1) is 14.2. The smallest absolute Gasteiger partial charge is 0.258 e. The van der Waals surface area contributed by atoms with Gasteiger partial charge in [0, 0.05) is 11.1 Å². The number of nitrogens with one attached hydrogen (secondary N) is 3. The highest BCUT2D eigenvalue weighted by Crippen LogP contribution is 2.36. The molecular formula is C22H22N4O3. The second kappa shape index (κ2) is 8.30. The average molecular weight is 390 g/mol. The molecule has 0 aromatic heterocycles. The SMILES string of the molecule is COc1ccc2ccccc2c1C1CC(C(=O)N/N=C/c2ccccc2O)NN1. The lowest BCUT2D eigenvalue weighted by Gasteiger charge is -2.17. The van der Waals surface area contributed by atoms with Gasteiger partial charge in [0.05, 0.1) is 19.4 Å². The Morgan fingerprint density at radius 1 is 1.14 bits per heavy atom. The van der Waals surface area contributed by atoms with Crippen molar-refractivity contribution in [1.29, 1.82) is 0 Å². The quantitative estimate of drug-likeness (QED) is 0.397. The number of fused-ring (bicyclic) bond motifs is 1. The number of hydrogen-bond donors (Lipinski definition) is 4. The number of hydrogen-bond acceptors (Lipinski definition) is 6. The molecule has 0 aliphatic carbocycles. The van der Waals surface area contributed by atoms with Gasteiger partial charge in [0.15, 0.2) is 0 Å².